The van der Waals surface area contributed by atoms with Gasteiger partial charge in [-0.2, -0.15) is 5.10 Å². The molecule has 0 amide bonds. The van der Waals surface area contributed by atoms with Crippen LogP contribution in [0.4, 0.5) is 0 Å². The number of aromatic nitrogens is 2. The summed E-state index contributed by atoms with van der Waals surface area (Å²) in [6, 6.07) is 0. The van der Waals surface area contributed by atoms with Gasteiger partial charge in [-0.3, -0.25) is 0 Å². The van der Waals surface area contributed by atoms with E-state index < -0.39 is 0 Å². The normalized spacial score (nSPS) is 22.5. The predicted molar refractivity (Wildman–Crippen MR) is 117 cm³/mol. The highest BCUT2D eigenvalue weighted by molar-refractivity contribution is 5.67. The van der Waals surface area contributed by atoms with Crippen molar-refractivity contribution >= 4 is 5.70 Å². The quantitative estimate of drug-likeness (QED) is 0.587. The lowest BCUT2D eigenvalue weighted by molar-refractivity contribution is 0.317. The van der Waals surface area contributed by atoms with Crippen LogP contribution in [0.25, 0.3) is 5.70 Å². The fourth-order valence-electron chi connectivity index (χ4n) is 5.35. The zero-order chi connectivity index (χ0) is 19.7. The molecule has 0 unspecified atom stereocenters. The van der Waals surface area contributed by atoms with Gasteiger partial charge >= 0.3 is 0 Å². The molecule has 0 bridgehead atoms. The van der Waals surface area contributed by atoms with Crippen LogP contribution in [-0.4, -0.2) is 28.7 Å². The van der Waals surface area contributed by atoms with E-state index in [0.29, 0.717) is 5.41 Å². The SMILES string of the molecule is CC1=CC=C(c2nnc(CC3(CC4CCCCCC4)CC3)c(C)c2C)N(C)C1. The standard InChI is InChI=1S/C25H37N3/c1-18-11-12-23(28(4)17-18)24-20(3)19(2)22(26-27-24)16-25(13-14-25)15-21-9-7-5-6-8-10-21/h11-12,21H,5-10,13-17H2,1-4H3. The van der Waals surface area contributed by atoms with Crippen molar-refractivity contribution < 1.29 is 0 Å². The summed E-state index contributed by atoms with van der Waals surface area (Å²) in [5.41, 5.74) is 8.09. The molecule has 28 heavy (non-hydrogen) atoms. The summed E-state index contributed by atoms with van der Waals surface area (Å²) in [6.45, 7) is 7.64. The lowest BCUT2D eigenvalue weighted by Gasteiger charge is -2.27. The molecule has 3 aliphatic rings. The van der Waals surface area contributed by atoms with Crippen LogP contribution in [0.3, 0.4) is 0 Å². The van der Waals surface area contributed by atoms with Gasteiger partial charge in [0.15, 0.2) is 0 Å². The smallest absolute Gasteiger partial charge is 0.112 e. The second kappa shape index (κ2) is 8.00. The van der Waals surface area contributed by atoms with Crippen LogP contribution >= 0.6 is 0 Å². The van der Waals surface area contributed by atoms with E-state index in [9.17, 15) is 0 Å². The van der Waals surface area contributed by atoms with Crippen molar-refractivity contribution in [3.05, 3.63) is 40.2 Å². The summed E-state index contributed by atoms with van der Waals surface area (Å²) in [7, 11) is 2.15. The van der Waals surface area contributed by atoms with Gasteiger partial charge < -0.3 is 4.90 Å². The summed E-state index contributed by atoms with van der Waals surface area (Å²) in [5, 5.41) is 9.49. The molecule has 1 aromatic heterocycles. The van der Waals surface area contributed by atoms with Crippen LogP contribution in [0.5, 0.6) is 0 Å². The van der Waals surface area contributed by atoms with E-state index in [2.05, 4.69) is 44.9 Å². The number of hydrogen-bond acceptors (Lipinski definition) is 3. The van der Waals surface area contributed by atoms with Crippen LogP contribution in [0.2, 0.25) is 0 Å². The topological polar surface area (TPSA) is 29.0 Å². The third kappa shape index (κ3) is 4.18. The van der Waals surface area contributed by atoms with Crippen LogP contribution in [0.1, 0.15) is 87.2 Å². The van der Waals surface area contributed by atoms with E-state index in [1.54, 1.807) is 0 Å². The maximum absolute atomic E-state index is 4.77. The molecule has 4 rings (SSSR count). The van der Waals surface area contributed by atoms with Gasteiger partial charge in [0.2, 0.25) is 0 Å². The Morgan fingerprint density at radius 2 is 1.68 bits per heavy atom. The van der Waals surface area contributed by atoms with Crippen molar-refractivity contribution in [2.24, 2.45) is 11.3 Å². The predicted octanol–water partition coefficient (Wildman–Crippen LogP) is 6.01. The molecule has 152 valence electrons. The van der Waals surface area contributed by atoms with Crippen LogP contribution in [0.15, 0.2) is 17.7 Å². The highest BCUT2D eigenvalue weighted by Gasteiger charge is 2.44. The van der Waals surface area contributed by atoms with E-state index in [0.717, 1.165) is 24.6 Å². The van der Waals surface area contributed by atoms with Gasteiger partial charge in [-0.05, 0) is 75.0 Å². The van der Waals surface area contributed by atoms with Gasteiger partial charge in [0, 0.05) is 13.6 Å². The van der Waals surface area contributed by atoms with E-state index in [1.807, 2.05) is 0 Å². The Kier molecular flexibility index (Phi) is 5.62. The third-order valence-electron chi connectivity index (χ3n) is 7.48. The number of allylic oxidation sites excluding steroid dienone is 2. The average molecular weight is 380 g/mol. The van der Waals surface area contributed by atoms with Gasteiger partial charge in [-0.25, -0.2) is 0 Å². The molecule has 1 aliphatic heterocycles. The fraction of sp³-hybridized carbons (Fsp3) is 0.680. The Morgan fingerprint density at radius 1 is 0.964 bits per heavy atom. The van der Waals surface area contributed by atoms with Gasteiger partial charge in [-0.1, -0.05) is 50.2 Å². The van der Waals surface area contributed by atoms with E-state index in [-0.39, 0.29) is 0 Å². The molecule has 0 aromatic carbocycles. The Bertz CT molecular complexity index is 777. The molecule has 2 fully saturated rings. The second-order valence-electron chi connectivity index (χ2n) is 9.90. The maximum Gasteiger partial charge on any atom is 0.112 e. The Hall–Kier alpha value is -1.64. The molecule has 3 nitrogen and oxygen atoms in total. The molecular formula is C25H37N3. The first-order valence-corrected chi connectivity index (χ1v) is 11.4. The molecule has 3 heteroatoms. The molecule has 2 saturated carbocycles. The molecule has 0 spiro atoms. The highest BCUT2D eigenvalue weighted by atomic mass is 15.2. The van der Waals surface area contributed by atoms with E-state index in [4.69, 9.17) is 10.2 Å². The third-order valence-corrected chi connectivity index (χ3v) is 7.48. The Balaban J connectivity index is 1.51. The highest BCUT2D eigenvalue weighted by Crippen LogP contribution is 2.54. The maximum atomic E-state index is 4.77. The molecule has 2 aliphatic carbocycles. The minimum absolute atomic E-state index is 0.531. The summed E-state index contributed by atoms with van der Waals surface area (Å²) in [6.07, 6.45) is 18.5. The van der Waals surface area contributed by atoms with Gasteiger partial charge in [0.05, 0.1) is 11.4 Å². The van der Waals surface area contributed by atoms with Gasteiger partial charge in [-0.15, -0.1) is 5.10 Å². The van der Waals surface area contributed by atoms with Crippen molar-refractivity contribution in [3.63, 3.8) is 0 Å². The fourth-order valence-corrected chi connectivity index (χ4v) is 5.35. The zero-order valence-corrected chi connectivity index (χ0v) is 18.4. The Labute approximate surface area is 171 Å². The van der Waals surface area contributed by atoms with Crippen LogP contribution < -0.4 is 0 Å². The van der Waals surface area contributed by atoms with Crippen molar-refractivity contribution in [3.8, 4) is 0 Å². The van der Waals surface area contributed by atoms with Crippen molar-refractivity contribution in [2.75, 3.05) is 13.6 Å². The molecule has 0 atom stereocenters. The lowest BCUT2D eigenvalue weighted by atomic mass is 9.83. The van der Waals surface area contributed by atoms with E-state index >= 15 is 0 Å². The summed E-state index contributed by atoms with van der Waals surface area (Å²) in [5.74, 6) is 0.953. The van der Waals surface area contributed by atoms with Crippen molar-refractivity contribution in [1.82, 2.24) is 15.1 Å². The second-order valence-corrected chi connectivity index (χ2v) is 9.90. The number of hydrogen-bond donors (Lipinski definition) is 0. The molecule has 1 aromatic rings. The monoisotopic (exact) mass is 379 g/mol. The number of rotatable bonds is 5. The zero-order valence-electron chi connectivity index (χ0n) is 18.4. The first-order valence-electron chi connectivity index (χ1n) is 11.4. The minimum Gasteiger partial charge on any atom is -0.369 e. The summed E-state index contributed by atoms with van der Waals surface area (Å²) in [4.78, 5) is 2.29. The van der Waals surface area contributed by atoms with Gasteiger partial charge in [0.1, 0.15) is 5.69 Å². The Morgan fingerprint density at radius 3 is 2.32 bits per heavy atom. The summed E-state index contributed by atoms with van der Waals surface area (Å²) < 4.78 is 0. The first kappa shape index (κ1) is 19.7. The number of likely N-dealkylation sites (N-methyl/N-ethyl adjacent to an activating group) is 1. The van der Waals surface area contributed by atoms with Crippen LogP contribution in [0, 0.1) is 25.2 Å². The summed E-state index contributed by atoms with van der Waals surface area (Å²) >= 11 is 0. The first-order chi connectivity index (χ1) is 13.5. The van der Waals surface area contributed by atoms with Crippen molar-refractivity contribution in [1.29, 1.82) is 0 Å². The average Bonchev–Trinajstić information content (AvgIpc) is 3.45. The molecular weight excluding hydrogens is 342 g/mol. The number of nitrogens with zero attached hydrogens (tertiary/aromatic N) is 3. The van der Waals surface area contributed by atoms with Gasteiger partial charge in [0.25, 0.3) is 0 Å². The van der Waals surface area contributed by atoms with E-state index in [1.165, 1.54) is 85.9 Å². The molecule has 0 radical (unpaired) electrons. The minimum atomic E-state index is 0.531. The molecule has 2 heterocycles. The van der Waals surface area contributed by atoms with Crippen LogP contribution in [-0.2, 0) is 6.42 Å². The largest absolute Gasteiger partial charge is 0.369 e. The molecule has 0 N–H and O–H groups in total. The van der Waals surface area contributed by atoms with Crippen molar-refractivity contribution in [2.45, 2.75) is 85.0 Å². The lowest BCUT2D eigenvalue weighted by Crippen LogP contribution is -2.23. The molecule has 0 saturated heterocycles.